The lowest BCUT2D eigenvalue weighted by atomic mass is 10.1. The van der Waals surface area contributed by atoms with Gasteiger partial charge in [0.15, 0.2) is 0 Å². The Morgan fingerprint density at radius 2 is 2.10 bits per heavy atom. The van der Waals surface area contributed by atoms with Crippen LogP contribution in [0.5, 0.6) is 0 Å². The monoisotopic (exact) mass is 269 g/mol. The van der Waals surface area contributed by atoms with Gasteiger partial charge in [0.2, 0.25) is 0 Å². The maximum absolute atomic E-state index is 9.51. The molecule has 4 heteroatoms. The fourth-order valence-electron chi connectivity index (χ4n) is 2.67. The van der Waals surface area contributed by atoms with Gasteiger partial charge in [-0.1, -0.05) is 25.1 Å². The van der Waals surface area contributed by atoms with Gasteiger partial charge in [-0.2, -0.15) is 5.10 Å². The van der Waals surface area contributed by atoms with Crippen LogP contribution in [-0.2, 0) is 26.6 Å². The average Bonchev–Trinajstić information content (AvgIpc) is 3.03. The number of hydrogen-bond acceptors (Lipinski definition) is 2. The third kappa shape index (κ3) is 2.12. The van der Waals surface area contributed by atoms with Crippen molar-refractivity contribution in [3.05, 3.63) is 53.5 Å². The van der Waals surface area contributed by atoms with E-state index >= 15 is 0 Å². The molecule has 0 saturated carbocycles. The Hall–Kier alpha value is -2.07. The summed E-state index contributed by atoms with van der Waals surface area (Å²) < 4.78 is 4.11. The van der Waals surface area contributed by atoms with Crippen LogP contribution in [0.25, 0.3) is 10.9 Å². The van der Waals surface area contributed by atoms with Crippen molar-refractivity contribution in [3.8, 4) is 0 Å². The van der Waals surface area contributed by atoms with E-state index in [-0.39, 0.29) is 6.61 Å². The van der Waals surface area contributed by atoms with Gasteiger partial charge in [-0.3, -0.25) is 4.68 Å². The molecule has 3 aromatic rings. The maximum atomic E-state index is 9.51. The van der Waals surface area contributed by atoms with E-state index < -0.39 is 0 Å². The lowest BCUT2D eigenvalue weighted by Crippen LogP contribution is -2.05. The van der Waals surface area contributed by atoms with Crippen molar-refractivity contribution in [1.82, 2.24) is 14.3 Å². The Labute approximate surface area is 118 Å². The van der Waals surface area contributed by atoms with Gasteiger partial charge in [-0.15, -0.1) is 0 Å². The molecule has 0 aliphatic carbocycles. The molecule has 0 atom stereocenters. The van der Waals surface area contributed by atoms with Crippen LogP contribution in [0.4, 0.5) is 0 Å². The Bertz CT molecular complexity index is 739. The Morgan fingerprint density at radius 1 is 1.25 bits per heavy atom. The molecule has 104 valence electrons. The van der Waals surface area contributed by atoms with Gasteiger partial charge in [-0.05, 0) is 23.9 Å². The highest BCUT2D eigenvalue weighted by Crippen LogP contribution is 2.21. The maximum Gasteiger partial charge on any atom is 0.0702 e. The molecular weight excluding hydrogens is 250 g/mol. The molecule has 0 amide bonds. The fourth-order valence-corrected chi connectivity index (χ4v) is 2.67. The molecule has 0 aliphatic heterocycles. The highest BCUT2D eigenvalue weighted by Gasteiger charge is 2.09. The van der Waals surface area contributed by atoms with E-state index in [1.54, 1.807) is 0 Å². The van der Waals surface area contributed by atoms with E-state index in [4.69, 9.17) is 0 Å². The number of hydrogen-bond donors (Lipinski definition) is 1. The number of para-hydroxylation sites is 1. The molecular formula is C16H19N3O. The summed E-state index contributed by atoms with van der Waals surface area (Å²) in [7, 11) is 1.98. The van der Waals surface area contributed by atoms with Crippen molar-refractivity contribution in [3.63, 3.8) is 0 Å². The van der Waals surface area contributed by atoms with E-state index in [0.29, 0.717) is 0 Å². The summed E-state index contributed by atoms with van der Waals surface area (Å²) in [6.45, 7) is 2.94. The van der Waals surface area contributed by atoms with E-state index in [9.17, 15) is 5.11 Å². The molecule has 4 nitrogen and oxygen atoms in total. The Morgan fingerprint density at radius 3 is 2.80 bits per heavy atom. The van der Waals surface area contributed by atoms with Crippen LogP contribution in [0.1, 0.15) is 23.9 Å². The standard InChI is InChI=1S/C16H19N3O/c1-3-14-9-15(18(2)17-14)10-19-8-7-12-5-4-6-13(11-20)16(12)19/h4-9,20H,3,10-11H2,1-2H3. The van der Waals surface area contributed by atoms with Crippen molar-refractivity contribution in [2.24, 2.45) is 7.05 Å². The SMILES string of the molecule is CCc1cc(Cn2ccc3cccc(CO)c32)n(C)n1. The van der Waals surface area contributed by atoms with Gasteiger partial charge in [0.05, 0.1) is 30.1 Å². The smallest absolute Gasteiger partial charge is 0.0702 e. The molecule has 0 aliphatic rings. The predicted octanol–water partition coefficient (Wildman–Crippen LogP) is 2.48. The van der Waals surface area contributed by atoms with Crippen molar-refractivity contribution in [2.45, 2.75) is 26.5 Å². The molecule has 2 heterocycles. The van der Waals surface area contributed by atoms with Crippen LogP contribution in [0.15, 0.2) is 36.5 Å². The van der Waals surface area contributed by atoms with Gasteiger partial charge in [-0.25, -0.2) is 0 Å². The van der Waals surface area contributed by atoms with E-state index in [2.05, 4.69) is 41.0 Å². The first-order valence-electron chi connectivity index (χ1n) is 6.92. The van der Waals surface area contributed by atoms with E-state index in [1.807, 2.05) is 23.9 Å². The van der Waals surface area contributed by atoms with Gasteiger partial charge in [0.25, 0.3) is 0 Å². The number of aromatic nitrogens is 3. The minimum absolute atomic E-state index is 0.0625. The minimum atomic E-state index is 0.0625. The van der Waals surface area contributed by atoms with E-state index in [0.717, 1.165) is 35.1 Å². The molecule has 0 fully saturated rings. The van der Waals surface area contributed by atoms with Gasteiger partial charge in [0.1, 0.15) is 0 Å². The zero-order valence-electron chi connectivity index (χ0n) is 11.9. The van der Waals surface area contributed by atoms with Crippen LogP contribution in [0.2, 0.25) is 0 Å². The van der Waals surface area contributed by atoms with Gasteiger partial charge < -0.3 is 9.67 Å². The zero-order valence-corrected chi connectivity index (χ0v) is 11.9. The van der Waals surface area contributed by atoms with Crippen molar-refractivity contribution < 1.29 is 5.11 Å². The summed E-state index contributed by atoms with van der Waals surface area (Å²) in [5.74, 6) is 0. The number of fused-ring (bicyclic) bond motifs is 1. The first-order chi connectivity index (χ1) is 9.72. The first-order valence-corrected chi connectivity index (χ1v) is 6.92. The number of nitrogens with zero attached hydrogens (tertiary/aromatic N) is 3. The van der Waals surface area contributed by atoms with E-state index in [1.165, 1.54) is 5.69 Å². The minimum Gasteiger partial charge on any atom is -0.392 e. The average molecular weight is 269 g/mol. The molecule has 0 radical (unpaired) electrons. The second-order valence-electron chi connectivity index (χ2n) is 5.06. The lowest BCUT2D eigenvalue weighted by molar-refractivity contribution is 0.283. The van der Waals surface area contributed by atoms with Crippen molar-refractivity contribution in [1.29, 1.82) is 0 Å². The van der Waals surface area contributed by atoms with Crippen molar-refractivity contribution in [2.75, 3.05) is 0 Å². The molecule has 0 saturated heterocycles. The second-order valence-corrected chi connectivity index (χ2v) is 5.06. The molecule has 0 spiro atoms. The summed E-state index contributed by atoms with van der Waals surface area (Å²) in [5, 5.41) is 15.2. The summed E-state index contributed by atoms with van der Waals surface area (Å²) in [4.78, 5) is 0. The Kier molecular flexibility index (Phi) is 3.32. The third-order valence-corrected chi connectivity index (χ3v) is 3.76. The largest absolute Gasteiger partial charge is 0.392 e. The summed E-state index contributed by atoms with van der Waals surface area (Å²) >= 11 is 0. The molecule has 1 N–H and O–H groups in total. The van der Waals surface area contributed by atoms with Gasteiger partial charge in [0, 0.05) is 18.8 Å². The van der Waals surface area contributed by atoms with Crippen LogP contribution in [0, 0.1) is 0 Å². The van der Waals surface area contributed by atoms with Crippen LogP contribution < -0.4 is 0 Å². The zero-order chi connectivity index (χ0) is 14.1. The third-order valence-electron chi connectivity index (χ3n) is 3.76. The fraction of sp³-hybridized carbons (Fsp3) is 0.312. The summed E-state index contributed by atoms with van der Waals surface area (Å²) in [6.07, 6.45) is 3.02. The van der Waals surface area contributed by atoms with Gasteiger partial charge >= 0.3 is 0 Å². The number of benzene rings is 1. The summed E-state index contributed by atoms with van der Waals surface area (Å²) in [5.41, 5.74) is 4.35. The summed E-state index contributed by atoms with van der Waals surface area (Å²) in [6, 6.07) is 10.3. The number of aryl methyl sites for hydroxylation is 2. The lowest BCUT2D eigenvalue weighted by Gasteiger charge is -2.08. The van der Waals surface area contributed by atoms with Crippen molar-refractivity contribution >= 4 is 10.9 Å². The quantitative estimate of drug-likeness (QED) is 0.790. The molecule has 0 unspecified atom stereocenters. The molecule has 3 rings (SSSR count). The molecule has 1 aromatic carbocycles. The Balaban J connectivity index is 2.04. The second kappa shape index (κ2) is 5.13. The first kappa shape index (κ1) is 12.9. The highest BCUT2D eigenvalue weighted by molar-refractivity contribution is 5.83. The number of aliphatic hydroxyl groups excluding tert-OH is 1. The molecule has 0 bridgehead atoms. The molecule has 2 aromatic heterocycles. The predicted molar refractivity (Wildman–Crippen MR) is 79.5 cm³/mol. The number of aliphatic hydroxyl groups is 1. The van der Waals surface area contributed by atoms with Crippen LogP contribution in [0.3, 0.4) is 0 Å². The van der Waals surface area contributed by atoms with Crippen LogP contribution >= 0.6 is 0 Å². The van der Waals surface area contributed by atoms with Crippen LogP contribution in [-0.4, -0.2) is 19.5 Å². The number of rotatable bonds is 4. The molecule has 20 heavy (non-hydrogen) atoms. The normalized spacial score (nSPS) is 11.3. The topological polar surface area (TPSA) is 43.0 Å². The highest BCUT2D eigenvalue weighted by atomic mass is 16.3.